The molecule has 3 nitrogen and oxygen atoms in total. The molecule has 0 radical (unpaired) electrons. The fourth-order valence-corrected chi connectivity index (χ4v) is 1.88. The summed E-state index contributed by atoms with van der Waals surface area (Å²) >= 11 is 0. The Morgan fingerprint density at radius 3 is 2.56 bits per heavy atom. The standard InChI is InChI=1S/C13H24N2O/c1-5-6-15(10(2)3)9-13-7-12(8-14)11(4)16-13/h7,10H,5-6,8-9,14H2,1-4H3. The molecule has 0 aliphatic rings. The van der Waals surface area contributed by atoms with Crippen molar-refractivity contribution in [3.05, 3.63) is 23.2 Å². The van der Waals surface area contributed by atoms with Gasteiger partial charge in [0.05, 0.1) is 6.54 Å². The summed E-state index contributed by atoms with van der Waals surface area (Å²) in [4.78, 5) is 2.42. The van der Waals surface area contributed by atoms with Crippen LogP contribution in [0.1, 0.15) is 44.3 Å². The van der Waals surface area contributed by atoms with E-state index >= 15 is 0 Å². The lowest BCUT2D eigenvalue weighted by molar-refractivity contribution is 0.196. The summed E-state index contributed by atoms with van der Waals surface area (Å²) in [6, 6.07) is 2.63. The Morgan fingerprint density at radius 1 is 1.44 bits per heavy atom. The van der Waals surface area contributed by atoms with Gasteiger partial charge in [0.25, 0.3) is 0 Å². The zero-order chi connectivity index (χ0) is 12.1. The fourth-order valence-electron chi connectivity index (χ4n) is 1.88. The SMILES string of the molecule is CCCN(Cc1cc(CN)c(C)o1)C(C)C. The Morgan fingerprint density at radius 2 is 2.12 bits per heavy atom. The van der Waals surface area contributed by atoms with Crippen LogP contribution < -0.4 is 5.73 Å². The third-order valence-corrected chi connectivity index (χ3v) is 2.89. The van der Waals surface area contributed by atoms with Crippen molar-refractivity contribution in [2.24, 2.45) is 5.73 Å². The molecule has 92 valence electrons. The van der Waals surface area contributed by atoms with Crippen molar-refractivity contribution in [1.29, 1.82) is 0 Å². The van der Waals surface area contributed by atoms with Crippen molar-refractivity contribution in [3.63, 3.8) is 0 Å². The molecule has 0 amide bonds. The van der Waals surface area contributed by atoms with E-state index in [1.165, 1.54) is 6.42 Å². The van der Waals surface area contributed by atoms with E-state index < -0.39 is 0 Å². The highest BCUT2D eigenvalue weighted by atomic mass is 16.3. The molecule has 0 bridgehead atoms. The average molecular weight is 224 g/mol. The van der Waals surface area contributed by atoms with Crippen molar-refractivity contribution in [2.45, 2.75) is 53.2 Å². The Balaban J connectivity index is 2.69. The Bertz CT molecular complexity index is 318. The van der Waals surface area contributed by atoms with Crippen molar-refractivity contribution in [3.8, 4) is 0 Å². The lowest BCUT2D eigenvalue weighted by Gasteiger charge is -2.24. The Hall–Kier alpha value is -0.800. The van der Waals surface area contributed by atoms with E-state index in [-0.39, 0.29) is 0 Å². The van der Waals surface area contributed by atoms with Crippen LogP contribution in [-0.2, 0) is 13.1 Å². The van der Waals surface area contributed by atoms with E-state index in [1.54, 1.807) is 0 Å². The maximum Gasteiger partial charge on any atom is 0.118 e. The number of nitrogens with zero attached hydrogens (tertiary/aromatic N) is 1. The van der Waals surface area contributed by atoms with Gasteiger partial charge in [-0.25, -0.2) is 0 Å². The quantitative estimate of drug-likeness (QED) is 0.807. The maximum atomic E-state index is 5.71. The van der Waals surface area contributed by atoms with Gasteiger partial charge in [-0.15, -0.1) is 0 Å². The van der Waals surface area contributed by atoms with Gasteiger partial charge in [0.2, 0.25) is 0 Å². The molecule has 1 aromatic heterocycles. The lowest BCUT2D eigenvalue weighted by Crippen LogP contribution is -2.30. The molecular weight excluding hydrogens is 200 g/mol. The van der Waals surface area contributed by atoms with E-state index in [4.69, 9.17) is 10.2 Å². The summed E-state index contributed by atoms with van der Waals surface area (Å²) in [6.07, 6.45) is 1.17. The van der Waals surface area contributed by atoms with E-state index in [0.717, 1.165) is 30.2 Å². The molecule has 2 N–H and O–H groups in total. The van der Waals surface area contributed by atoms with Gasteiger partial charge in [0.1, 0.15) is 11.5 Å². The lowest BCUT2D eigenvalue weighted by atomic mass is 10.2. The van der Waals surface area contributed by atoms with Gasteiger partial charge >= 0.3 is 0 Å². The number of furan rings is 1. The smallest absolute Gasteiger partial charge is 0.118 e. The molecule has 16 heavy (non-hydrogen) atoms. The van der Waals surface area contributed by atoms with Gasteiger partial charge < -0.3 is 10.2 Å². The van der Waals surface area contributed by atoms with Crippen molar-refractivity contribution >= 4 is 0 Å². The molecule has 1 rings (SSSR count). The Labute approximate surface area is 98.6 Å². The third-order valence-electron chi connectivity index (χ3n) is 2.89. The summed E-state index contributed by atoms with van der Waals surface area (Å²) in [5, 5.41) is 0. The molecule has 0 saturated heterocycles. The summed E-state index contributed by atoms with van der Waals surface area (Å²) in [5.74, 6) is 1.98. The van der Waals surface area contributed by atoms with E-state index in [9.17, 15) is 0 Å². The van der Waals surface area contributed by atoms with Crippen LogP contribution in [0.4, 0.5) is 0 Å². The first-order valence-electron chi connectivity index (χ1n) is 6.10. The predicted molar refractivity (Wildman–Crippen MR) is 67.2 cm³/mol. The number of rotatable bonds is 6. The molecular formula is C13H24N2O. The van der Waals surface area contributed by atoms with Gasteiger partial charge in [-0.3, -0.25) is 4.90 Å². The van der Waals surface area contributed by atoms with Gasteiger partial charge in [0, 0.05) is 18.2 Å². The normalized spacial score (nSPS) is 11.7. The first-order chi connectivity index (χ1) is 7.58. The zero-order valence-electron chi connectivity index (χ0n) is 10.9. The first-order valence-corrected chi connectivity index (χ1v) is 6.10. The second-order valence-electron chi connectivity index (χ2n) is 4.56. The first kappa shape index (κ1) is 13.3. The largest absolute Gasteiger partial charge is 0.465 e. The summed E-state index contributed by atoms with van der Waals surface area (Å²) in [7, 11) is 0. The van der Waals surface area contributed by atoms with Crippen LogP contribution in [0.15, 0.2) is 10.5 Å². The fraction of sp³-hybridized carbons (Fsp3) is 0.692. The molecule has 0 spiro atoms. The maximum absolute atomic E-state index is 5.71. The number of hydrogen-bond acceptors (Lipinski definition) is 3. The minimum absolute atomic E-state index is 0.548. The highest BCUT2D eigenvalue weighted by Gasteiger charge is 2.13. The monoisotopic (exact) mass is 224 g/mol. The van der Waals surface area contributed by atoms with Crippen LogP contribution in [0, 0.1) is 6.92 Å². The minimum Gasteiger partial charge on any atom is -0.465 e. The number of aryl methyl sites for hydroxylation is 1. The van der Waals surface area contributed by atoms with Crippen LogP contribution in [-0.4, -0.2) is 17.5 Å². The summed E-state index contributed by atoms with van der Waals surface area (Å²) < 4.78 is 5.71. The van der Waals surface area contributed by atoms with Gasteiger partial charge in [-0.1, -0.05) is 6.92 Å². The molecule has 1 aromatic rings. The minimum atomic E-state index is 0.548. The topological polar surface area (TPSA) is 42.4 Å². The molecule has 0 fully saturated rings. The van der Waals surface area contributed by atoms with Crippen LogP contribution in [0.5, 0.6) is 0 Å². The van der Waals surface area contributed by atoms with Crippen molar-refractivity contribution < 1.29 is 4.42 Å². The molecule has 3 heteroatoms. The van der Waals surface area contributed by atoms with Crippen LogP contribution >= 0.6 is 0 Å². The highest BCUT2D eigenvalue weighted by Crippen LogP contribution is 2.17. The zero-order valence-corrected chi connectivity index (χ0v) is 10.9. The van der Waals surface area contributed by atoms with E-state index in [2.05, 4.69) is 31.7 Å². The third kappa shape index (κ3) is 3.35. The van der Waals surface area contributed by atoms with Crippen LogP contribution in [0.2, 0.25) is 0 Å². The molecule has 0 aromatic carbocycles. The predicted octanol–water partition coefficient (Wildman–Crippen LogP) is 2.67. The van der Waals surface area contributed by atoms with Crippen LogP contribution in [0.3, 0.4) is 0 Å². The van der Waals surface area contributed by atoms with Gasteiger partial charge in [-0.2, -0.15) is 0 Å². The molecule has 0 unspecified atom stereocenters. The second-order valence-corrected chi connectivity index (χ2v) is 4.56. The Kier molecular flexibility index (Phi) is 5.03. The molecule has 0 aliphatic heterocycles. The van der Waals surface area contributed by atoms with E-state index in [1.807, 2.05) is 6.92 Å². The molecule has 1 heterocycles. The van der Waals surface area contributed by atoms with E-state index in [0.29, 0.717) is 12.6 Å². The average Bonchev–Trinajstić information content (AvgIpc) is 2.58. The van der Waals surface area contributed by atoms with Crippen molar-refractivity contribution in [1.82, 2.24) is 4.90 Å². The number of hydrogen-bond donors (Lipinski definition) is 1. The molecule has 0 atom stereocenters. The van der Waals surface area contributed by atoms with Crippen molar-refractivity contribution in [2.75, 3.05) is 6.54 Å². The summed E-state index contributed by atoms with van der Waals surface area (Å²) in [5.41, 5.74) is 6.76. The van der Waals surface area contributed by atoms with Gasteiger partial charge in [-0.05, 0) is 39.8 Å². The number of nitrogens with two attached hydrogens (primary N) is 1. The second kappa shape index (κ2) is 6.06. The van der Waals surface area contributed by atoms with Gasteiger partial charge in [0.15, 0.2) is 0 Å². The molecule has 0 aliphatic carbocycles. The highest BCUT2D eigenvalue weighted by molar-refractivity contribution is 5.20. The van der Waals surface area contributed by atoms with Crippen LogP contribution in [0.25, 0.3) is 0 Å². The summed E-state index contributed by atoms with van der Waals surface area (Å²) in [6.45, 7) is 11.2. The molecule has 0 saturated carbocycles.